The van der Waals surface area contributed by atoms with Crippen molar-refractivity contribution in [3.05, 3.63) is 80.8 Å². The van der Waals surface area contributed by atoms with Crippen molar-refractivity contribution in [2.45, 2.75) is 32.1 Å². The van der Waals surface area contributed by atoms with Crippen LogP contribution in [-0.2, 0) is 23.1 Å². The van der Waals surface area contributed by atoms with Gasteiger partial charge >= 0.3 is 5.97 Å². The fourth-order valence-electron chi connectivity index (χ4n) is 4.16. The first-order valence-electron chi connectivity index (χ1n) is 10.3. The minimum absolute atomic E-state index is 0.0508. The van der Waals surface area contributed by atoms with Gasteiger partial charge in [0.2, 0.25) is 5.91 Å². The number of methoxy groups -OCH3 is 1. The van der Waals surface area contributed by atoms with Gasteiger partial charge in [-0.2, -0.15) is 0 Å². The average molecular weight is 468 g/mol. The summed E-state index contributed by atoms with van der Waals surface area (Å²) in [5.74, 6) is -2.67. The number of para-hydroxylation sites is 1. The largest absolute Gasteiger partial charge is 0.496 e. The summed E-state index contributed by atoms with van der Waals surface area (Å²) in [6, 6.07) is 12.0. The predicted molar refractivity (Wildman–Crippen MR) is 123 cm³/mol. The maximum Gasteiger partial charge on any atom is 0.346 e. The highest BCUT2D eigenvalue weighted by atomic mass is 32.1. The van der Waals surface area contributed by atoms with Gasteiger partial charge in [0.15, 0.2) is 0 Å². The molecule has 1 aliphatic heterocycles. The van der Waals surface area contributed by atoms with Gasteiger partial charge in [0, 0.05) is 0 Å². The topological polar surface area (TPSA) is 83.9 Å². The molecule has 8 heteroatoms. The Hall–Kier alpha value is -3.52. The molecule has 0 radical (unpaired) electrons. The zero-order valence-electron chi connectivity index (χ0n) is 18.3. The number of carbonyl (C=O) groups excluding carboxylic acids is 2. The average Bonchev–Trinajstić information content (AvgIpc) is 3.19. The maximum absolute atomic E-state index is 14.9. The Morgan fingerprint density at radius 1 is 1.21 bits per heavy atom. The van der Waals surface area contributed by atoms with Crippen molar-refractivity contribution in [3.8, 4) is 5.75 Å². The highest BCUT2D eigenvalue weighted by molar-refractivity contribution is 7.12. The number of aromatic carboxylic acids is 1. The van der Waals surface area contributed by atoms with Crippen LogP contribution in [0.4, 0.5) is 10.1 Å². The highest BCUT2D eigenvalue weighted by Gasteiger charge is 2.38. The Labute approximate surface area is 194 Å². The Kier molecular flexibility index (Phi) is 5.80. The van der Waals surface area contributed by atoms with Crippen molar-refractivity contribution < 1.29 is 28.6 Å². The van der Waals surface area contributed by atoms with Crippen LogP contribution in [0.25, 0.3) is 0 Å². The number of thiophene rings is 1. The second kappa shape index (κ2) is 8.44. The van der Waals surface area contributed by atoms with E-state index in [9.17, 15) is 23.9 Å². The summed E-state index contributed by atoms with van der Waals surface area (Å²) in [7, 11) is 1.60. The standard InChI is InChI=1S/C25H22FNO5S/c1-25(2,12-14-6-4-5-7-19(14)32-3)16-8-9-17(26)18(11-16)27-20(28)10-15-13-33-22(24(30)31)21(15)23(27)29/h4-9,11,13H,10,12H2,1-3H3,(H,30,31). The number of benzene rings is 2. The minimum Gasteiger partial charge on any atom is -0.496 e. The van der Waals surface area contributed by atoms with E-state index in [2.05, 4.69) is 0 Å². The molecule has 2 heterocycles. The summed E-state index contributed by atoms with van der Waals surface area (Å²) in [5.41, 5.74) is 1.33. The number of hydrogen-bond acceptors (Lipinski definition) is 5. The monoisotopic (exact) mass is 467 g/mol. The molecule has 0 bridgehead atoms. The first-order valence-corrected chi connectivity index (χ1v) is 11.1. The lowest BCUT2D eigenvalue weighted by molar-refractivity contribution is -0.117. The van der Waals surface area contributed by atoms with Crippen LogP contribution in [0.5, 0.6) is 5.75 Å². The molecule has 6 nitrogen and oxygen atoms in total. The summed E-state index contributed by atoms with van der Waals surface area (Å²) < 4.78 is 20.4. The zero-order valence-corrected chi connectivity index (χ0v) is 19.2. The quantitative estimate of drug-likeness (QED) is 0.525. The Balaban J connectivity index is 1.74. The predicted octanol–water partition coefficient (Wildman–Crippen LogP) is 4.84. The molecule has 1 N–H and O–H groups in total. The van der Waals surface area contributed by atoms with Crippen LogP contribution >= 0.6 is 11.3 Å². The van der Waals surface area contributed by atoms with Crippen LogP contribution in [-0.4, -0.2) is 30.0 Å². The van der Waals surface area contributed by atoms with Crippen LogP contribution in [0.1, 0.15) is 50.6 Å². The van der Waals surface area contributed by atoms with Gasteiger partial charge in [0.25, 0.3) is 5.91 Å². The molecule has 2 amide bonds. The van der Waals surface area contributed by atoms with Crippen molar-refractivity contribution >= 4 is 34.8 Å². The maximum atomic E-state index is 14.9. The number of carbonyl (C=O) groups is 3. The number of carboxylic acids is 1. The summed E-state index contributed by atoms with van der Waals surface area (Å²) in [5, 5.41) is 10.9. The van der Waals surface area contributed by atoms with Gasteiger partial charge in [-0.05, 0) is 52.1 Å². The molecule has 0 saturated carbocycles. The number of rotatable bonds is 6. The molecule has 33 heavy (non-hydrogen) atoms. The van der Waals surface area contributed by atoms with E-state index in [4.69, 9.17) is 4.74 Å². The number of amides is 2. The van der Waals surface area contributed by atoms with Crippen LogP contribution in [0.15, 0.2) is 47.8 Å². The van der Waals surface area contributed by atoms with Crippen molar-refractivity contribution in [1.29, 1.82) is 0 Å². The third-order valence-electron chi connectivity index (χ3n) is 5.86. The third-order valence-corrected chi connectivity index (χ3v) is 6.88. The molecule has 0 fully saturated rings. The van der Waals surface area contributed by atoms with E-state index >= 15 is 0 Å². The van der Waals surface area contributed by atoms with E-state index in [1.165, 1.54) is 17.5 Å². The third kappa shape index (κ3) is 4.02. The second-order valence-corrected chi connectivity index (χ2v) is 9.40. The molecule has 170 valence electrons. The smallest absolute Gasteiger partial charge is 0.346 e. The van der Waals surface area contributed by atoms with E-state index in [1.807, 2.05) is 38.1 Å². The Morgan fingerprint density at radius 3 is 2.64 bits per heavy atom. The van der Waals surface area contributed by atoms with Gasteiger partial charge < -0.3 is 9.84 Å². The minimum atomic E-state index is -1.25. The van der Waals surface area contributed by atoms with Gasteiger partial charge in [0.05, 0.1) is 24.8 Å². The van der Waals surface area contributed by atoms with Gasteiger partial charge in [-0.3, -0.25) is 9.59 Å². The van der Waals surface area contributed by atoms with Crippen LogP contribution in [0.3, 0.4) is 0 Å². The van der Waals surface area contributed by atoms with Crippen molar-refractivity contribution in [3.63, 3.8) is 0 Å². The van der Waals surface area contributed by atoms with E-state index < -0.39 is 29.0 Å². The second-order valence-electron chi connectivity index (χ2n) is 8.52. The molecular formula is C25H22FNO5S. The first kappa shape index (κ1) is 22.7. The zero-order chi connectivity index (χ0) is 23.9. The number of fused-ring (bicyclic) bond motifs is 1. The number of hydrogen-bond donors (Lipinski definition) is 1. The number of ether oxygens (including phenoxy) is 1. The molecule has 0 unspecified atom stereocenters. The van der Waals surface area contributed by atoms with Gasteiger partial charge in [-0.25, -0.2) is 14.1 Å². The summed E-state index contributed by atoms with van der Waals surface area (Å²) >= 11 is 0.888. The van der Waals surface area contributed by atoms with Gasteiger partial charge in [0.1, 0.15) is 16.4 Å². The fraction of sp³-hybridized carbons (Fsp3) is 0.240. The van der Waals surface area contributed by atoms with E-state index in [0.29, 0.717) is 12.0 Å². The summed E-state index contributed by atoms with van der Waals surface area (Å²) in [6.07, 6.45) is 0.404. The number of carboxylic acid groups (broad SMARTS) is 1. The van der Waals surface area contributed by atoms with Crippen LogP contribution in [0, 0.1) is 5.82 Å². The Morgan fingerprint density at radius 2 is 1.94 bits per heavy atom. The molecule has 0 saturated heterocycles. The normalized spacial score (nSPS) is 13.8. The lowest BCUT2D eigenvalue weighted by atomic mass is 9.78. The molecular weight excluding hydrogens is 445 g/mol. The van der Waals surface area contributed by atoms with Crippen LogP contribution in [0.2, 0.25) is 0 Å². The molecule has 2 aromatic carbocycles. The lowest BCUT2D eigenvalue weighted by Gasteiger charge is -2.30. The fourth-order valence-corrected chi connectivity index (χ4v) is 5.06. The molecule has 1 aliphatic rings. The number of halogens is 1. The molecule has 1 aromatic heterocycles. The number of imide groups is 1. The molecule has 3 aromatic rings. The van der Waals surface area contributed by atoms with Crippen molar-refractivity contribution in [2.75, 3.05) is 12.0 Å². The Bertz CT molecular complexity index is 1280. The van der Waals surface area contributed by atoms with Crippen molar-refractivity contribution in [2.24, 2.45) is 0 Å². The summed E-state index contributed by atoms with van der Waals surface area (Å²) in [4.78, 5) is 38.1. The molecule has 0 spiro atoms. The summed E-state index contributed by atoms with van der Waals surface area (Å²) in [6.45, 7) is 3.96. The molecule has 4 rings (SSSR count). The van der Waals surface area contributed by atoms with Gasteiger partial charge in [-0.15, -0.1) is 11.3 Å². The van der Waals surface area contributed by atoms with E-state index in [-0.39, 0.29) is 22.5 Å². The van der Waals surface area contributed by atoms with E-state index in [0.717, 1.165) is 33.1 Å². The lowest BCUT2D eigenvalue weighted by Crippen LogP contribution is -2.43. The number of anilines is 1. The van der Waals surface area contributed by atoms with E-state index in [1.54, 1.807) is 13.2 Å². The van der Waals surface area contributed by atoms with Crippen LogP contribution < -0.4 is 9.64 Å². The van der Waals surface area contributed by atoms with Crippen molar-refractivity contribution in [1.82, 2.24) is 0 Å². The molecule has 0 atom stereocenters. The molecule has 0 aliphatic carbocycles. The highest BCUT2D eigenvalue weighted by Crippen LogP contribution is 2.37. The number of nitrogens with zero attached hydrogens (tertiary/aromatic N) is 1. The SMILES string of the molecule is COc1ccccc1CC(C)(C)c1ccc(F)c(N2C(=O)Cc3csc(C(=O)O)c3C2=O)c1. The first-order chi connectivity index (χ1) is 15.6. The van der Waals surface area contributed by atoms with Gasteiger partial charge in [-0.1, -0.05) is 38.1 Å².